The predicted octanol–water partition coefficient (Wildman–Crippen LogP) is 2.10. The van der Waals surface area contributed by atoms with E-state index in [0.717, 1.165) is 56.0 Å². The maximum Gasteiger partial charge on any atom is 0.351 e. The molecule has 0 aliphatic carbocycles. The molecule has 0 unspecified atom stereocenters. The fraction of sp³-hybridized carbons (Fsp3) is 0.565. The average molecular weight is 428 g/mol. The molecule has 5 rings (SSSR count). The van der Waals surface area contributed by atoms with Crippen LogP contribution in [0.25, 0.3) is 11.3 Å². The smallest absolute Gasteiger partial charge is 0.351 e. The van der Waals surface area contributed by atoms with Crippen LogP contribution < -0.4 is 15.7 Å². The molecule has 0 radical (unpaired) electrons. The Kier molecular flexibility index (Phi) is 6.20. The van der Waals surface area contributed by atoms with E-state index >= 15 is 0 Å². The number of benzene rings is 1. The highest BCUT2D eigenvalue weighted by molar-refractivity contribution is 5.69. The number of rotatable bonds is 6. The Balaban J connectivity index is 1.31. The van der Waals surface area contributed by atoms with Crippen molar-refractivity contribution in [3.8, 4) is 17.1 Å². The second-order valence-corrected chi connectivity index (χ2v) is 8.35. The summed E-state index contributed by atoms with van der Waals surface area (Å²) in [6, 6.07) is 8.25. The number of nitrogens with one attached hydrogen (secondary N) is 1. The third-order valence-electron chi connectivity index (χ3n) is 6.21. The van der Waals surface area contributed by atoms with Crippen molar-refractivity contribution in [2.24, 2.45) is 5.92 Å². The van der Waals surface area contributed by atoms with Crippen molar-refractivity contribution < 1.29 is 18.9 Å². The summed E-state index contributed by atoms with van der Waals surface area (Å²) in [6.07, 6.45) is 2.90. The molecule has 4 heterocycles. The Labute approximate surface area is 181 Å². The fourth-order valence-electron chi connectivity index (χ4n) is 4.41. The SMILES string of the molecule is O=c1nc(OC[C@@H]2COCCO2)cc2n1CCc1cc(NCC3CCOCC3)ccc1-2. The minimum atomic E-state index is -0.277. The van der Waals surface area contributed by atoms with Gasteiger partial charge in [0.05, 0.1) is 25.5 Å². The molecular weight excluding hydrogens is 398 g/mol. The number of ether oxygens (including phenoxy) is 4. The highest BCUT2D eigenvalue weighted by Crippen LogP contribution is 2.32. The summed E-state index contributed by atoms with van der Waals surface area (Å²) >= 11 is 0. The highest BCUT2D eigenvalue weighted by atomic mass is 16.6. The molecule has 1 aromatic heterocycles. The summed E-state index contributed by atoms with van der Waals surface area (Å²) in [6.45, 7) is 5.30. The molecule has 0 bridgehead atoms. The van der Waals surface area contributed by atoms with Crippen LogP contribution >= 0.6 is 0 Å². The van der Waals surface area contributed by atoms with Crippen LogP contribution in [0.3, 0.4) is 0 Å². The molecule has 31 heavy (non-hydrogen) atoms. The van der Waals surface area contributed by atoms with E-state index in [1.807, 2.05) is 6.07 Å². The van der Waals surface area contributed by atoms with Crippen molar-refractivity contribution in [1.82, 2.24) is 9.55 Å². The van der Waals surface area contributed by atoms with Gasteiger partial charge in [-0.25, -0.2) is 4.79 Å². The van der Waals surface area contributed by atoms with Crippen LogP contribution in [-0.4, -0.2) is 61.8 Å². The molecule has 3 aliphatic rings. The minimum Gasteiger partial charge on any atom is -0.475 e. The summed E-state index contributed by atoms with van der Waals surface area (Å²) < 4.78 is 24.0. The van der Waals surface area contributed by atoms with Crippen LogP contribution in [0.15, 0.2) is 29.1 Å². The molecule has 0 spiro atoms. The van der Waals surface area contributed by atoms with Crippen molar-refractivity contribution >= 4 is 5.69 Å². The fourth-order valence-corrected chi connectivity index (χ4v) is 4.41. The Hall–Kier alpha value is -2.42. The summed E-state index contributed by atoms with van der Waals surface area (Å²) in [4.78, 5) is 16.7. The maximum atomic E-state index is 12.6. The molecule has 2 aromatic rings. The lowest BCUT2D eigenvalue weighted by atomic mass is 9.96. The number of nitrogens with zero attached hydrogens (tertiary/aromatic N) is 2. The first-order chi connectivity index (χ1) is 15.3. The molecular formula is C23H29N3O5. The van der Waals surface area contributed by atoms with E-state index in [1.54, 1.807) is 4.57 Å². The van der Waals surface area contributed by atoms with Crippen molar-refractivity contribution in [1.29, 1.82) is 0 Å². The number of hydrogen-bond donors (Lipinski definition) is 1. The Morgan fingerprint density at radius 2 is 2.03 bits per heavy atom. The zero-order chi connectivity index (χ0) is 21.0. The first-order valence-electron chi connectivity index (χ1n) is 11.2. The number of anilines is 1. The number of aromatic nitrogens is 2. The van der Waals surface area contributed by atoms with E-state index in [2.05, 4.69) is 28.5 Å². The van der Waals surface area contributed by atoms with Gasteiger partial charge in [-0.3, -0.25) is 4.57 Å². The third kappa shape index (κ3) is 4.76. The lowest BCUT2D eigenvalue weighted by Gasteiger charge is -2.25. The van der Waals surface area contributed by atoms with Gasteiger partial charge in [0, 0.05) is 43.6 Å². The summed E-state index contributed by atoms with van der Waals surface area (Å²) in [5.74, 6) is 0.994. The molecule has 2 fully saturated rings. The lowest BCUT2D eigenvalue weighted by Crippen LogP contribution is -2.34. The monoisotopic (exact) mass is 427 g/mol. The van der Waals surface area contributed by atoms with Crippen LogP contribution in [0.1, 0.15) is 18.4 Å². The second-order valence-electron chi connectivity index (χ2n) is 8.35. The van der Waals surface area contributed by atoms with Crippen LogP contribution in [0, 0.1) is 5.92 Å². The summed E-state index contributed by atoms with van der Waals surface area (Å²) in [5, 5.41) is 3.58. The van der Waals surface area contributed by atoms with E-state index < -0.39 is 0 Å². The molecule has 166 valence electrons. The van der Waals surface area contributed by atoms with Gasteiger partial charge in [0.25, 0.3) is 0 Å². The van der Waals surface area contributed by atoms with Crippen molar-refractivity contribution in [3.63, 3.8) is 0 Å². The molecule has 1 atom stereocenters. The molecule has 3 aliphatic heterocycles. The normalized spacial score (nSPS) is 21.2. The molecule has 8 nitrogen and oxygen atoms in total. The van der Waals surface area contributed by atoms with Gasteiger partial charge < -0.3 is 24.3 Å². The molecule has 0 saturated carbocycles. The van der Waals surface area contributed by atoms with Crippen molar-refractivity contribution in [2.75, 3.05) is 51.5 Å². The van der Waals surface area contributed by atoms with Gasteiger partial charge in [-0.1, -0.05) is 6.07 Å². The summed E-state index contributed by atoms with van der Waals surface area (Å²) in [7, 11) is 0. The lowest BCUT2D eigenvalue weighted by molar-refractivity contribution is -0.102. The third-order valence-corrected chi connectivity index (χ3v) is 6.21. The number of aryl methyl sites for hydroxylation is 1. The van der Waals surface area contributed by atoms with Gasteiger partial charge in [0.2, 0.25) is 5.88 Å². The molecule has 8 heteroatoms. The standard InChI is InChI=1S/C23H29N3O5/c27-23-25-22(31-15-19-14-29-9-10-30-19)12-21-20-2-1-18(11-17(20)3-6-26(21)23)24-13-16-4-7-28-8-5-16/h1-2,11-12,16,19,24H,3-10,13-15H2/t19-/m0/s1. The number of hydrogen-bond acceptors (Lipinski definition) is 7. The largest absolute Gasteiger partial charge is 0.475 e. The quantitative estimate of drug-likeness (QED) is 0.756. The average Bonchev–Trinajstić information content (AvgIpc) is 2.82. The van der Waals surface area contributed by atoms with E-state index in [0.29, 0.717) is 44.8 Å². The van der Waals surface area contributed by atoms with Crippen LogP contribution in [0.4, 0.5) is 5.69 Å². The van der Waals surface area contributed by atoms with Gasteiger partial charge in [0.1, 0.15) is 12.7 Å². The number of fused-ring (bicyclic) bond motifs is 3. The second kappa shape index (κ2) is 9.38. The van der Waals surface area contributed by atoms with Crippen molar-refractivity contribution in [2.45, 2.75) is 31.9 Å². The zero-order valence-corrected chi connectivity index (χ0v) is 17.7. The maximum absolute atomic E-state index is 12.6. The topological polar surface area (TPSA) is 83.8 Å². The zero-order valence-electron chi connectivity index (χ0n) is 17.7. The van der Waals surface area contributed by atoms with Crippen LogP contribution in [0.2, 0.25) is 0 Å². The highest BCUT2D eigenvalue weighted by Gasteiger charge is 2.21. The van der Waals surface area contributed by atoms with Gasteiger partial charge in [0.15, 0.2) is 0 Å². The molecule has 2 saturated heterocycles. The van der Waals surface area contributed by atoms with E-state index in [1.165, 1.54) is 5.56 Å². The minimum absolute atomic E-state index is 0.133. The van der Waals surface area contributed by atoms with Gasteiger partial charge in [-0.15, -0.1) is 0 Å². The van der Waals surface area contributed by atoms with Crippen molar-refractivity contribution in [3.05, 3.63) is 40.3 Å². The van der Waals surface area contributed by atoms with E-state index in [4.69, 9.17) is 18.9 Å². The molecule has 1 aromatic carbocycles. The van der Waals surface area contributed by atoms with Crippen LogP contribution in [-0.2, 0) is 27.2 Å². The Morgan fingerprint density at radius 3 is 2.87 bits per heavy atom. The van der Waals surface area contributed by atoms with E-state index in [9.17, 15) is 4.79 Å². The first-order valence-corrected chi connectivity index (χ1v) is 11.2. The molecule has 1 N–H and O–H groups in total. The summed E-state index contributed by atoms with van der Waals surface area (Å²) in [5.41, 5.74) is 4.00. The Bertz CT molecular complexity index is 964. The Morgan fingerprint density at radius 1 is 1.13 bits per heavy atom. The first kappa shape index (κ1) is 20.5. The van der Waals surface area contributed by atoms with Crippen LogP contribution in [0.5, 0.6) is 5.88 Å². The van der Waals surface area contributed by atoms with Gasteiger partial charge >= 0.3 is 5.69 Å². The molecule has 0 amide bonds. The van der Waals surface area contributed by atoms with E-state index in [-0.39, 0.29) is 11.8 Å². The van der Waals surface area contributed by atoms with Gasteiger partial charge in [-0.2, -0.15) is 4.98 Å². The predicted molar refractivity (Wildman–Crippen MR) is 116 cm³/mol. The van der Waals surface area contributed by atoms with Gasteiger partial charge in [-0.05, 0) is 42.9 Å².